The number of hydrogen-bond acceptors (Lipinski definition) is 2. The summed E-state index contributed by atoms with van der Waals surface area (Å²) in [5, 5.41) is 3.51. The highest BCUT2D eigenvalue weighted by atomic mass is 79.9. The minimum atomic E-state index is 0.320. The zero-order valence-corrected chi connectivity index (χ0v) is 14.5. The van der Waals surface area contributed by atoms with Gasteiger partial charge in [0.25, 0.3) is 0 Å². The monoisotopic (exact) mass is 346 g/mol. The van der Waals surface area contributed by atoms with Crippen molar-refractivity contribution in [2.75, 3.05) is 18.0 Å². The Kier molecular flexibility index (Phi) is 5.83. The second-order valence-electron chi connectivity index (χ2n) is 5.06. The van der Waals surface area contributed by atoms with E-state index in [4.69, 9.17) is 0 Å². The number of para-hydroxylation sites is 1. The van der Waals surface area contributed by atoms with Crippen LogP contribution in [-0.4, -0.2) is 13.1 Å². The first kappa shape index (κ1) is 16.1. The van der Waals surface area contributed by atoms with Gasteiger partial charge < -0.3 is 10.2 Å². The molecule has 2 nitrogen and oxygen atoms in total. The van der Waals surface area contributed by atoms with Crippen LogP contribution >= 0.6 is 15.9 Å². The fourth-order valence-corrected chi connectivity index (χ4v) is 3.01. The molecular weight excluding hydrogens is 324 g/mol. The Bertz CT molecular complexity index is 569. The molecule has 1 atom stereocenters. The van der Waals surface area contributed by atoms with Crippen LogP contribution in [0.4, 0.5) is 11.4 Å². The van der Waals surface area contributed by atoms with Crippen LogP contribution in [0.3, 0.4) is 0 Å². The van der Waals surface area contributed by atoms with Gasteiger partial charge in [-0.2, -0.15) is 0 Å². The lowest BCUT2D eigenvalue weighted by Crippen LogP contribution is -2.23. The maximum Gasteiger partial charge on any atom is 0.0459 e. The first-order valence-electron chi connectivity index (χ1n) is 7.52. The van der Waals surface area contributed by atoms with Gasteiger partial charge in [-0.25, -0.2) is 0 Å². The van der Waals surface area contributed by atoms with Gasteiger partial charge in [0.2, 0.25) is 0 Å². The van der Waals surface area contributed by atoms with Gasteiger partial charge in [-0.05, 0) is 56.3 Å². The van der Waals surface area contributed by atoms with Crippen molar-refractivity contribution in [2.45, 2.75) is 26.8 Å². The van der Waals surface area contributed by atoms with Gasteiger partial charge in [0.05, 0.1) is 0 Å². The molecule has 0 bridgehead atoms. The van der Waals surface area contributed by atoms with Crippen LogP contribution in [0.15, 0.2) is 53.0 Å². The van der Waals surface area contributed by atoms with Crippen LogP contribution in [0, 0.1) is 0 Å². The van der Waals surface area contributed by atoms with Gasteiger partial charge in [0.15, 0.2) is 0 Å². The molecule has 2 aromatic rings. The maximum atomic E-state index is 3.60. The zero-order valence-electron chi connectivity index (χ0n) is 12.9. The lowest BCUT2D eigenvalue weighted by molar-refractivity contribution is 0.597. The molecule has 112 valence electrons. The summed E-state index contributed by atoms with van der Waals surface area (Å²) in [5.41, 5.74) is 3.81. The molecular formula is C18H23BrN2. The summed E-state index contributed by atoms with van der Waals surface area (Å²) >= 11 is 3.60. The molecule has 2 aromatic carbocycles. The molecule has 3 heteroatoms. The standard InChI is InChI=1S/C18H23BrN2/c1-4-20-14(3)17-13-15(19)11-12-18(17)21(5-2)16-9-7-6-8-10-16/h6-14,20H,4-5H2,1-3H3. The lowest BCUT2D eigenvalue weighted by atomic mass is 10.0. The SMILES string of the molecule is CCNC(C)c1cc(Br)ccc1N(CC)c1ccccc1. The van der Waals surface area contributed by atoms with Crippen LogP contribution < -0.4 is 10.2 Å². The Labute approximate surface area is 136 Å². The van der Waals surface area contributed by atoms with Crippen LogP contribution in [-0.2, 0) is 0 Å². The third-order valence-corrected chi connectivity index (χ3v) is 4.13. The summed E-state index contributed by atoms with van der Waals surface area (Å²) in [5.74, 6) is 0. The molecule has 0 heterocycles. The first-order valence-corrected chi connectivity index (χ1v) is 8.32. The highest BCUT2D eigenvalue weighted by Gasteiger charge is 2.16. The summed E-state index contributed by atoms with van der Waals surface area (Å²) in [6.07, 6.45) is 0. The predicted molar refractivity (Wildman–Crippen MR) is 95.4 cm³/mol. The maximum absolute atomic E-state index is 3.60. The smallest absolute Gasteiger partial charge is 0.0459 e. The molecule has 0 saturated carbocycles. The van der Waals surface area contributed by atoms with Gasteiger partial charge in [-0.3, -0.25) is 0 Å². The van der Waals surface area contributed by atoms with E-state index >= 15 is 0 Å². The molecule has 0 aromatic heterocycles. The van der Waals surface area contributed by atoms with Crippen molar-refractivity contribution in [3.8, 4) is 0 Å². The molecule has 0 aliphatic carbocycles. The van der Waals surface area contributed by atoms with Gasteiger partial charge >= 0.3 is 0 Å². The van der Waals surface area contributed by atoms with E-state index in [9.17, 15) is 0 Å². The molecule has 0 radical (unpaired) electrons. The summed E-state index contributed by atoms with van der Waals surface area (Å²) in [6, 6.07) is 17.4. The second-order valence-corrected chi connectivity index (χ2v) is 5.98. The predicted octanol–water partition coefficient (Wildman–Crippen LogP) is 5.28. The molecule has 21 heavy (non-hydrogen) atoms. The largest absolute Gasteiger partial charge is 0.341 e. The van der Waals surface area contributed by atoms with Crippen LogP contribution in [0.25, 0.3) is 0 Å². The minimum absolute atomic E-state index is 0.320. The van der Waals surface area contributed by atoms with E-state index in [1.54, 1.807) is 0 Å². The summed E-state index contributed by atoms with van der Waals surface area (Å²) in [7, 11) is 0. The van der Waals surface area contributed by atoms with Gasteiger partial charge in [-0.15, -0.1) is 0 Å². The Morgan fingerprint density at radius 1 is 1.10 bits per heavy atom. The quantitative estimate of drug-likeness (QED) is 0.765. The van der Waals surface area contributed by atoms with E-state index in [2.05, 4.69) is 95.4 Å². The number of rotatable bonds is 6. The van der Waals surface area contributed by atoms with E-state index in [1.807, 2.05) is 0 Å². The van der Waals surface area contributed by atoms with E-state index < -0.39 is 0 Å². The number of nitrogens with one attached hydrogen (secondary N) is 1. The van der Waals surface area contributed by atoms with E-state index in [-0.39, 0.29) is 0 Å². The van der Waals surface area contributed by atoms with Crippen LogP contribution in [0.2, 0.25) is 0 Å². The third-order valence-electron chi connectivity index (χ3n) is 3.64. The highest BCUT2D eigenvalue weighted by Crippen LogP contribution is 2.33. The summed E-state index contributed by atoms with van der Waals surface area (Å²) < 4.78 is 1.12. The van der Waals surface area contributed by atoms with Crippen molar-refractivity contribution < 1.29 is 0 Å². The average Bonchev–Trinajstić information content (AvgIpc) is 2.50. The molecule has 1 N–H and O–H groups in total. The Hall–Kier alpha value is -1.32. The number of hydrogen-bond donors (Lipinski definition) is 1. The van der Waals surface area contributed by atoms with E-state index in [0.29, 0.717) is 6.04 Å². The van der Waals surface area contributed by atoms with Crippen molar-refractivity contribution in [2.24, 2.45) is 0 Å². The number of nitrogens with zero attached hydrogens (tertiary/aromatic N) is 1. The van der Waals surface area contributed by atoms with E-state index in [0.717, 1.165) is 17.6 Å². The fourth-order valence-electron chi connectivity index (χ4n) is 2.63. The molecule has 0 fully saturated rings. The first-order chi connectivity index (χ1) is 10.2. The third kappa shape index (κ3) is 3.86. The molecule has 2 rings (SSSR count). The molecule has 0 aliphatic heterocycles. The fraction of sp³-hybridized carbons (Fsp3) is 0.333. The highest BCUT2D eigenvalue weighted by molar-refractivity contribution is 9.10. The Morgan fingerprint density at radius 2 is 1.81 bits per heavy atom. The van der Waals surface area contributed by atoms with Crippen molar-refractivity contribution in [1.82, 2.24) is 5.32 Å². The molecule has 1 unspecified atom stereocenters. The van der Waals surface area contributed by atoms with Gasteiger partial charge in [-0.1, -0.05) is 41.1 Å². The number of anilines is 2. The molecule has 0 aliphatic rings. The topological polar surface area (TPSA) is 15.3 Å². The van der Waals surface area contributed by atoms with Crippen LogP contribution in [0.1, 0.15) is 32.4 Å². The molecule has 0 saturated heterocycles. The lowest BCUT2D eigenvalue weighted by Gasteiger charge is -2.28. The number of halogens is 1. The molecule has 0 amide bonds. The van der Waals surface area contributed by atoms with Crippen molar-refractivity contribution in [3.63, 3.8) is 0 Å². The van der Waals surface area contributed by atoms with Crippen molar-refractivity contribution in [3.05, 3.63) is 58.6 Å². The van der Waals surface area contributed by atoms with Crippen molar-refractivity contribution in [1.29, 1.82) is 0 Å². The molecule has 0 spiro atoms. The summed E-state index contributed by atoms with van der Waals surface area (Å²) in [6.45, 7) is 8.45. The summed E-state index contributed by atoms with van der Waals surface area (Å²) in [4.78, 5) is 2.36. The van der Waals surface area contributed by atoms with Gasteiger partial charge in [0.1, 0.15) is 0 Å². The van der Waals surface area contributed by atoms with E-state index in [1.165, 1.54) is 16.9 Å². The Balaban J connectivity index is 2.46. The van der Waals surface area contributed by atoms with Crippen LogP contribution in [0.5, 0.6) is 0 Å². The second kappa shape index (κ2) is 7.62. The normalized spacial score (nSPS) is 12.2. The number of benzene rings is 2. The minimum Gasteiger partial charge on any atom is -0.341 e. The van der Waals surface area contributed by atoms with Crippen molar-refractivity contribution >= 4 is 27.3 Å². The zero-order chi connectivity index (χ0) is 15.2. The average molecular weight is 347 g/mol. The Morgan fingerprint density at radius 3 is 2.43 bits per heavy atom. The van der Waals surface area contributed by atoms with Gasteiger partial charge in [0, 0.05) is 28.4 Å².